The van der Waals surface area contributed by atoms with Gasteiger partial charge >= 0.3 is 0 Å². The quantitative estimate of drug-likeness (QED) is 0.617. The molecule has 3 aromatic heterocycles. The molecule has 1 atom stereocenters. The van der Waals surface area contributed by atoms with E-state index in [2.05, 4.69) is 27.7 Å². The van der Waals surface area contributed by atoms with Crippen LogP contribution >= 0.6 is 0 Å². The zero-order chi connectivity index (χ0) is 22.1. The first-order valence-electron chi connectivity index (χ1n) is 11.4. The number of aromatic nitrogens is 5. The van der Waals surface area contributed by atoms with Crippen LogP contribution in [0.4, 0.5) is 11.6 Å². The number of pyridine rings is 1. The van der Waals surface area contributed by atoms with Gasteiger partial charge in [0.1, 0.15) is 17.8 Å². The largest absolute Gasteiger partial charge is 0.496 e. The summed E-state index contributed by atoms with van der Waals surface area (Å²) in [4.78, 5) is 15.6. The summed E-state index contributed by atoms with van der Waals surface area (Å²) in [7, 11) is 3.99. The van der Waals surface area contributed by atoms with E-state index in [-0.39, 0.29) is 23.5 Å². The molecule has 168 valence electrons. The van der Waals surface area contributed by atoms with Crippen LogP contribution in [-0.2, 0) is 11.8 Å². The molecule has 2 aliphatic carbocycles. The lowest BCUT2D eigenvalue weighted by atomic mass is 10.0. The molecule has 6 rings (SSSR count). The molecule has 0 aromatic carbocycles. The maximum Gasteiger partial charge on any atom is 0.264 e. The Bertz CT molecular complexity index is 1270. The number of aryl methyl sites for hydroxylation is 1. The van der Waals surface area contributed by atoms with Gasteiger partial charge in [0.25, 0.3) is 5.56 Å². The normalized spacial score (nSPS) is 21.0. The van der Waals surface area contributed by atoms with Gasteiger partial charge in [0, 0.05) is 44.4 Å². The number of likely N-dealkylation sites (N-methyl/N-ethyl adjacent to an activating group) is 1. The number of aromatic amines is 1. The van der Waals surface area contributed by atoms with Crippen molar-refractivity contribution in [1.29, 1.82) is 0 Å². The second kappa shape index (κ2) is 6.88. The number of ether oxygens (including phenoxy) is 1. The van der Waals surface area contributed by atoms with Crippen LogP contribution in [0, 0.1) is 11.8 Å². The Balaban J connectivity index is 1.47. The smallest absolute Gasteiger partial charge is 0.264 e. The Hall–Kier alpha value is -3.23. The summed E-state index contributed by atoms with van der Waals surface area (Å²) >= 11 is 0. The molecule has 0 spiro atoms. The van der Waals surface area contributed by atoms with E-state index >= 15 is 0 Å². The van der Waals surface area contributed by atoms with Crippen LogP contribution in [0.1, 0.15) is 38.1 Å². The zero-order valence-electron chi connectivity index (χ0n) is 18.5. The van der Waals surface area contributed by atoms with E-state index in [4.69, 9.17) is 15.6 Å². The van der Waals surface area contributed by atoms with Gasteiger partial charge in [-0.2, -0.15) is 10.2 Å². The number of hydrogen-bond acceptors (Lipinski definition) is 6. The number of fused-ring (bicyclic) bond motifs is 1. The standard InChI is InChI=1S/C23H29N7O2/c1-12-8-15(11-32-12)28(2)18-9-17(27-29(18)3)16-10-30(21(13-4-5-13)14-6-7-14)23(31)19-20(16)25-26-22(19)24/h9-10,13-15,21H,1,4-8,11H2,2-3H3,(H3,24,25,26). The van der Waals surface area contributed by atoms with E-state index in [1.807, 2.05) is 29.5 Å². The predicted octanol–water partition coefficient (Wildman–Crippen LogP) is 2.81. The van der Waals surface area contributed by atoms with E-state index in [0.717, 1.165) is 29.3 Å². The molecule has 1 saturated heterocycles. The molecule has 0 radical (unpaired) electrons. The molecule has 9 nitrogen and oxygen atoms in total. The third-order valence-corrected chi connectivity index (χ3v) is 7.29. The average Bonchev–Trinajstić information content (AvgIpc) is 3.67. The molecular formula is C23H29N7O2. The maximum absolute atomic E-state index is 13.5. The highest BCUT2D eigenvalue weighted by atomic mass is 16.5. The van der Waals surface area contributed by atoms with Gasteiger partial charge in [0.05, 0.1) is 23.0 Å². The summed E-state index contributed by atoms with van der Waals surface area (Å²) in [6, 6.07) is 2.52. The highest BCUT2D eigenvalue weighted by Crippen LogP contribution is 2.52. The van der Waals surface area contributed by atoms with Gasteiger partial charge in [-0.3, -0.25) is 14.6 Å². The van der Waals surface area contributed by atoms with E-state index in [9.17, 15) is 4.79 Å². The van der Waals surface area contributed by atoms with E-state index in [0.29, 0.717) is 29.3 Å². The minimum atomic E-state index is -0.0475. The van der Waals surface area contributed by atoms with Crippen molar-refractivity contribution in [3.8, 4) is 11.3 Å². The Morgan fingerprint density at radius 1 is 1.31 bits per heavy atom. The first-order valence-corrected chi connectivity index (χ1v) is 11.4. The van der Waals surface area contributed by atoms with Crippen molar-refractivity contribution in [1.82, 2.24) is 24.5 Å². The number of rotatable bonds is 6. The van der Waals surface area contributed by atoms with Gasteiger partial charge in [0.2, 0.25) is 0 Å². The predicted molar refractivity (Wildman–Crippen MR) is 123 cm³/mol. The Morgan fingerprint density at radius 3 is 2.66 bits per heavy atom. The lowest BCUT2D eigenvalue weighted by Gasteiger charge is -2.24. The Labute approximate surface area is 185 Å². The number of nitrogens with two attached hydrogens (primary N) is 1. The summed E-state index contributed by atoms with van der Waals surface area (Å²) < 4.78 is 9.39. The minimum Gasteiger partial charge on any atom is -0.496 e. The molecule has 3 fully saturated rings. The first-order chi connectivity index (χ1) is 15.4. The van der Waals surface area contributed by atoms with Crippen LogP contribution in [0.25, 0.3) is 22.2 Å². The average molecular weight is 436 g/mol. The van der Waals surface area contributed by atoms with Crippen molar-refractivity contribution in [3.63, 3.8) is 0 Å². The van der Waals surface area contributed by atoms with Crippen molar-refractivity contribution in [3.05, 3.63) is 35.0 Å². The fourth-order valence-corrected chi connectivity index (χ4v) is 5.24. The fourth-order valence-electron chi connectivity index (χ4n) is 5.24. The summed E-state index contributed by atoms with van der Waals surface area (Å²) in [5, 5.41) is 12.4. The number of hydrogen-bond donors (Lipinski definition) is 2. The topological polar surface area (TPSA) is 107 Å². The van der Waals surface area contributed by atoms with Crippen LogP contribution in [0.2, 0.25) is 0 Å². The van der Waals surface area contributed by atoms with E-state index in [1.54, 1.807) is 0 Å². The van der Waals surface area contributed by atoms with E-state index in [1.165, 1.54) is 25.7 Å². The third kappa shape index (κ3) is 3.02. The molecule has 3 aliphatic rings. The molecule has 0 amide bonds. The zero-order valence-corrected chi connectivity index (χ0v) is 18.5. The van der Waals surface area contributed by atoms with Crippen LogP contribution in [-0.4, -0.2) is 44.2 Å². The molecule has 1 unspecified atom stereocenters. The molecule has 0 bridgehead atoms. The van der Waals surface area contributed by atoms with Crippen molar-refractivity contribution in [2.24, 2.45) is 18.9 Å². The minimum absolute atomic E-state index is 0.0475. The Morgan fingerprint density at radius 2 is 2.03 bits per heavy atom. The number of nitrogens with one attached hydrogen (secondary N) is 1. The summed E-state index contributed by atoms with van der Waals surface area (Å²) in [6.45, 7) is 4.56. The maximum atomic E-state index is 13.5. The molecule has 4 heterocycles. The summed E-state index contributed by atoms with van der Waals surface area (Å²) in [5.74, 6) is 3.21. The third-order valence-electron chi connectivity index (χ3n) is 7.29. The first kappa shape index (κ1) is 19.5. The van der Waals surface area contributed by atoms with Crippen molar-refractivity contribution >= 4 is 22.5 Å². The molecular weight excluding hydrogens is 406 g/mol. The molecule has 2 saturated carbocycles. The van der Waals surface area contributed by atoms with Crippen LogP contribution in [0.3, 0.4) is 0 Å². The van der Waals surface area contributed by atoms with Gasteiger partial charge in [-0.05, 0) is 37.5 Å². The van der Waals surface area contributed by atoms with Crippen LogP contribution in [0.15, 0.2) is 29.4 Å². The monoisotopic (exact) mass is 435 g/mol. The molecule has 3 N–H and O–H groups in total. The summed E-state index contributed by atoms with van der Waals surface area (Å²) in [5.41, 5.74) is 8.40. The van der Waals surface area contributed by atoms with Crippen molar-refractivity contribution in [2.45, 2.75) is 44.2 Å². The molecule has 32 heavy (non-hydrogen) atoms. The molecule has 1 aliphatic heterocycles. The van der Waals surface area contributed by atoms with Gasteiger partial charge in [0.15, 0.2) is 5.82 Å². The highest BCUT2D eigenvalue weighted by molar-refractivity contribution is 5.97. The summed E-state index contributed by atoms with van der Waals surface area (Å²) in [6.07, 6.45) is 7.54. The number of H-pyrrole nitrogens is 1. The SMILES string of the molecule is C=C1CC(N(C)c2cc(-c3cn(C(C4CC4)C4CC4)c(=O)c4c(N)n[nH]c34)nn2C)CO1. The van der Waals surface area contributed by atoms with Crippen molar-refractivity contribution < 1.29 is 4.74 Å². The fraction of sp³-hybridized carbons (Fsp3) is 0.522. The lowest BCUT2D eigenvalue weighted by Crippen LogP contribution is -2.33. The van der Waals surface area contributed by atoms with Gasteiger partial charge < -0.3 is 19.9 Å². The lowest BCUT2D eigenvalue weighted by molar-refractivity contribution is 0.256. The van der Waals surface area contributed by atoms with Crippen LogP contribution in [0.5, 0.6) is 0 Å². The highest BCUT2D eigenvalue weighted by Gasteiger charge is 2.43. The second-order valence-corrected chi connectivity index (χ2v) is 9.61. The van der Waals surface area contributed by atoms with E-state index < -0.39 is 0 Å². The van der Waals surface area contributed by atoms with Crippen LogP contribution < -0.4 is 16.2 Å². The van der Waals surface area contributed by atoms with Gasteiger partial charge in [-0.15, -0.1) is 0 Å². The molecule has 3 aromatic rings. The second-order valence-electron chi connectivity index (χ2n) is 9.61. The number of nitrogen functional groups attached to an aromatic ring is 1. The molecule has 9 heteroatoms. The number of nitrogens with zero attached hydrogens (tertiary/aromatic N) is 5. The number of anilines is 2. The van der Waals surface area contributed by atoms with Gasteiger partial charge in [-0.1, -0.05) is 6.58 Å². The van der Waals surface area contributed by atoms with Gasteiger partial charge in [-0.25, -0.2) is 0 Å². The van der Waals surface area contributed by atoms with Crippen molar-refractivity contribution in [2.75, 3.05) is 24.3 Å². The Kier molecular flexibility index (Phi) is 4.18.